The number of carboxylic acid groups (broad SMARTS) is 1. The Morgan fingerprint density at radius 1 is 1.18 bits per heavy atom. The predicted octanol–water partition coefficient (Wildman–Crippen LogP) is 3.93. The number of hydrogen-bond acceptors (Lipinski definition) is 3. The zero-order chi connectivity index (χ0) is 16.3. The number of rotatable bonds is 4. The maximum atomic E-state index is 12.1. The van der Waals surface area contributed by atoms with Gasteiger partial charge in [-0.2, -0.15) is 0 Å². The van der Waals surface area contributed by atoms with Crippen molar-refractivity contribution < 1.29 is 27.8 Å². The van der Waals surface area contributed by atoms with Crippen LogP contribution < -0.4 is 4.74 Å². The molecule has 0 aliphatic heterocycles. The van der Waals surface area contributed by atoms with Crippen LogP contribution in [0.25, 0.3) is 11.3 Å². The van der Waals surface area contributed by atoms with E-state index in [9.17, 15) is 18.0 Å². The fraction of sp³-hybridized carbons (Fsp3) is 0.143. The average Bonchev–Trinajstić information content (AvgIpc) is 2.39. The number of hydrogen-bond donors (Lipinski definition) is 1. The van der Waals surface area contributed by atoms with Crippen LogP contribution in [0, 0.1) is 0 Å². The van der Waals surface area contributed by atoms with Gasteiger partial charge >= 0.3 is 12.3 Å². The van der Waals surface area contributed by atoms with Crippen LogP contribution in [0.4, 0.5) is 13.2 Å². The number of benzene rings is 1. The minimum Gasteiger partial charge on any atom is -0.481 e. The topological polar surface area (TPSA) is 59.4 Å². The van der Waals surface area contributed by atoms with Crippen LogP contribution in [0.1, 0.15) is 5.56 Å². The molecule has 8 heteroatoms. The number of carboxylic acids is 1. The Kier molecular flexibility index (Phi) is 4.56. The third-order valence-electron chi connectivity index (χ3n) is 2.65. The maximum absolute atomic E-state index is 12.1. The van der Waals surface area contributed by atoms with Gasteiger partial charge in [-0.3, -0.25) is 4.79 Å². The van der Waals surface area contributed by atoms with Crippen molar-refractivity contribution >= 4 is 17.6 Å². The van der Waals surface area contributed by atoms with Crippen molar-refractivity contribution in [1.82, 2.24) is 4.98 Å². The molecule has 116 valence electrons. The zero-order valence-electron chi connectivity index (χ0n) is 10.9. The fourth-order valence-corrected chi connectivity index (χ4v) is 1.98. The van der Waals surface area contributed by atoms with Crippen molar-refractivity contribution in [3.8, 4) is 17.0 Å². The van der Waals surface area contributed by atoms with Crippen molar-refractivity contribution in [3.05, 3.63) is 47.1 Å². The van der Waals surface area contributed by atoms with Gasteiger partial charge in [-0.25, -0.2) is 4.98 Å². The van der Waals surface area contributed by atoms with Gasteiger partial charge in [-0.15, -0.1) is 13.2 Å². The van der Waals surface area contributed by atoms with Gasteiger partial charge in [0.25, 0.3) is 0 Å². The van der Waals surface area contributed by atoms with Crippen LogP contribution >= 0.6 is 11.6 Å². The minimum atomic E-state index is -4.77. The van der Waals surface area contributed by atoms with E-state index in [1.165, 1.54) is 24.3 Å². The molecular formula is C14H9ClF3NO3. The van der Waals surface area contributed by atoms with Gasteiger partial charge in [0.2, 0.25) is 0 Å². The summed E-state index contributed by atoms with van der Waals surface area (Å²) in [6.07, 6.45) is -5.05. The largest absolute Gasteiger partial charge is 0.573 e. The van der Waals surface area contributed by atoms with Crippen LogP contribution in [-0.2, 0) is 11.2 Å². The number of nitrogens with zero attached hydrogens (tertiary/aromatic N) is 1. The van der Waals surface area contributed by atoms with Crippen molar-refractivity contribution in [2.45, 2.75) is 12.8 Å². The quantitative estimate of drug-likeness (QED) is 0.862. The van der Waals surface area contributed by atoms with Crippen molar-refractivity contribution in [1.29, 1.82) is 0 Å². The molecule has 1 N–H and O–H groups in total. The van der Waals surface area contributed by atoms with Gasteiger partial charge in [0.05, 0.1) is 12.1 Å². The van der Waals surface area contributed by atoms with Crippen LogP contribution in [0.15, 0.2) is 36.4 Å². The molecule has 0 fully saturated rings. The molecule has 0 saturated carbocycles. The third kappa shape index (κ3) is 4.36. The zero-order valence-corrected chi connectivity index (χ0v) is 11.6. The first-order chi connectivity index (χ1) is 10.2. The van der Waals surface area contributed by atoms with E-state index in [0.717, 1.165) is 12.1 Å². The first kappa shape index (κ1) is 16.1. The monoisotopic (exact) mass is 331 g/mol. The molecular weight excluding hydrogens is 323 g/mol. The molecule has 2 rings (SSSR count). The molecule has 2 aromatic rings. The standard InChI is InChI=1S/C14H9ClF3NO3/c15-11-6-3-9(7-12(20)21)13(19-11)8-1-4-10(5-2-8)22-14(16,17)18/h1-6H,7H2,(H,20,21). The number of carbonyl (C=O) groups is 1. The molecule has 0 aliphatic carbocycles. The average molecular weight is 332 g/mol. The molecule has 22 heavy (non-hydrogen) atoms. The van der Waals surface area contributed by atoms with Gasteiger partial charge < -0.3 is 9.84 Å². The summed E-state index contributed by atoms with van der Waals surface area (Å²) < 4.78 is 40.1. The second kappa shape index (κ2) is 6.23. The molecule has 0 unspecified atom stereocenters. The van der Waals surface area contributed by atoms with E-state index in [4.69, 9.17) is 16.7 Å². The van der Waals surface area contributed by atoms with Gasteiger partial charge in [0.1, 0.15) is 10.9 Å². The highest BCUT2D eigenvalue weighted by Gasteiger charge is 2.31. The molecule has 1 heterocycles. The van der Waals surface area contributed by atoms with Gasteiger partial charge in [-0.05, 0) is 35.9 Å². The van der Waals surface area contributed by atoms with Crippen LogP contribution in [0.3, 0.4) is 0 Å². The number of pyridine rings is 1. The lowest BCUT2D eigenvalue weighted by molar-refractivity contribution is -0.274. The second-order valence-electron chi connectivity index (χ2n) is 4.28. The van der Waals surface area contributed by atoms with Crippen molar-refractivity contribution in [3.63, 3.8) is 0 Å². The highest BCUT2D eigenvalue weighted by Crippen LogP contribution is 2.28. The Morgan fingerprint density at radius 2 is 1.82 bits per heavy atom. The van der Waals surface area contributed by atoms with Crippen LogP contribution in [0.2, 0.25) is 5.15 Å². The van der Waals surface area contributed by atoms with Crippen LogP contribution in [0.5, 0.6) is 5.75 Å². The van der Waals surface area contributed by atoms with Gasteiger partial charge in [-0.1, -0.05) is 17.7 Å². The lowest BCUT2D eigenvalue weighted by atomic mass is 10.0. The fourth-order valence-electron chi connectivity index (χ4n) is 1.83. The predicted molar refractivity (Wildman–Crippen MR) is 72.7 cm³/mol. The Hall–Kier alpha value is -2.28. The summed E-state index contributed by atoms with van der Waals surface area (Å²) >= 11 is 5.79. The van der Waals surface area contributed by atoms with Crippen LogP contribution in [-0.4, -0.2) is 22.4 Å². The second-order valence-corrected chi connectivity index (χ2v) is 4.67. The Balaban J connectivity index is 2.35. The maximum Gasteiger partial charge on any atom is 0.573 e. The van der Waals surface area contributed by atoms with E-state index in [0.29, 0.717) is 16.8 Å². The van der Waals surface area contributed by atoms with E-state index in [1.807, 2.05) is 0 Å². The Labute approximate surface area is 128 Å². The summed E-state index contributed by atoms with van der Waals surface area (Å²) in [6, 6.07) is 7.91. The minimum absolute atomic E-state index is 0.153. The highest BCUT2D eigenvalue weighted by molar-refractivity contribution is 6.29. The summed E-state index contributed by atoms with van der Waals surface area (Å²) in [5.41, 5.74) is 1.14. The number of aromatic nitrogens is 1. The SMILES string of the molecule is O=C(O)Cc1ccc(Cl)nc1-c1ccc(OC(F)(F)F)cc1. The first-order valence-corrected chi connectivity index (χ1v) is 6.36. The molecule has 0 saturated heterocycles. The van der Waals surface area contributed by atoms with E-state index in [-0.39, 0.29) is 17.3 Å². The molecule has 0 amide bonds. The highest BCUT2D eigenvalue weighted by atomic mass is 35.5. The lowest BCUT2D eigenvalue weighted by Gasteiger charge is -2.11. The molecule has 0 aliphatic rings. The molecule has 1 aromatic heterocycles. The smallest absolute Gasteiger partial charge is 0.481 e. The Morgan fingerprint density at radius 3 is 2.36 bits per heavy atom. The summed E-state index contributed by atoms with van der Waals surface area (Å²) in [7, 11) is 0. The summed E-state index contributed by atoms with van der Waals surface area (Å²) in [5.74, 6) is -1.43. The van der Waals surface area contributed by atoms with E-state index in [2.05, 4.69) is 9.72 Å². The number of aliphatic carboxylic acids is 1. The summed E-state index contributed by atoms with van der Waals surface area (Å²) in [6.45, 7) is 0. The van der Waals surface area contributed by atoms with Gasteiger partial charge in [0, 0.05) is 5.56 Å². The van der Waals surface area contributed by atoms with Gasteiger partial charge in [0.15, 0.2) is 0 Å². The third-order valence-corrected chi connectivity index (χ3v) is 2.86. The molecule has 0 bridgehead atoms. The summed E-state index contributed by atoms with van der Waals surface area (Å²) in [5, 5.41) is 9.03. The number of ether oxygens (including phenoxy) is 1. The molecule has 4 nitrogen and oxygen atoms in total. The van der Waals surface area contributed by atoms with Crippen molar-refractivity contribution in [2.24, 2.45) is 0 Å². The molecule has 0 radical (unpaired) electrons. The van der Waals surface area contributed by atoms with E-state index >= 15 is 0 Å². The van der Waals surface area contributed by atoms with E-state index < -0.39 is 12.3 Å². The lowest BCUT2D eigenvalue weighted by Crippen LogP contribution is -2.16. The molecule has 0 spiro atoms. The first-order valence-electron chi connectivity index (χ1n) is 5.98. The number of alkyl halides is 3. The number of halogens is 4. The van der Waals surface area contributed by atoms with E-state index in [1.54, 1.807) is 0 Å². The van der Waals surface area contributed by atoms with Crippen molar-refractivity contribution in [2.75, 3.05) is 0 Å². The molecule has 1 aromatic carbocycles. The Bertz CT molecular complexity index is 687. The summed E-state index contributed by atoms with van der Waals surface area (Å²) in [4.78, 5) is 14.9. The normalized spacial score (nSPS) is 11.3. The molecule has 0 atom stereocenters.